The number of aromatic nitrogens is 3. The van der Waals surface area contributed by atoms with E-state index in [2.05, 4.69) is 26.8 Å². The summed E-state index contributed by atoms with van der Waals surface area (Å²) in [5.74, 6) is -3.00. The lowest BCUT2D eigenvalue weighted by Crippen LogP contribution is -2.59. The number of nitrogens with zero attached hydrogens (tertiary/aromatic N) is 5. The van der Waals surface area contributed by atoms with Crippen molar-refractivity contribution < 1.29 is 27.6 Å². The van der Waals surface area contributed by atoms with E-state index in [-0.39, 0.29) is 40.9 Å². The first kappa shape index (κ1) is 25.1. The van der Waals surface area contributed by atoms with E-state index in [1.54, 1.807) is 0 Å². The Balaban J connectivity index is 2.11. The molecular weight excluding hydrogens is 477 g/mol. The van der Waals surface area contributed by atoms with Crippen LogP contribution in [0.3, 0.4) is 0 Å². The fourth-order valence-electron chi connectivity index (χ4n) is 3.74. The van der Waals surface area contributed by atoms with Crippen molar-refractivity contribution in [1.29, 1.82) is 0 Å². The molecule has 9 nitrogen and oxygen atoms in total. The van der Waals surface area contributed by atoms with Crippen LogP contribution in [-0.2, 0) is 9.59 Å². The van der Waals surface area contributed by atoms with Crippen LogP contribution in [0.2, 0.25) is 5.15 Å². The molecule has 0 radical (unpaired) electrons. The topological polar surface area (TPSA) is 108 Å². The molecule has 2 aromatic rings. The van der Waals surface area contributed by atoms with Gasteiger partial charge in [0.05, 0.1) is 17.4 Å². The lowest BCUT2D eigenvalue weighted by atomic mass is 9.98. The van der Waals surface area contributed by atoms with E-state index in [4.69, 9.17) is 11.6 Å². The van der Waals surface area contributed by atoms with E-state index < -0.39 is 36.0 Å². The van der Waals surface area contributed by atoms with Crippen molar-refractivity contribution in [2.75, 3.05) is 20.1 Å². The second-order valence-electron chi connectivity index (χ2n) is 7.50. The van der Waals surface area contributed by atoms with Crippen LogP contribution in [-0.4, -0.2) is 74.8 Å². The normalized spacial score (nSPS) is 18.4. The molecule has 3 amide bonds. The molecule has 3 heterocycles. The summed E-state index contributed by atoms with van der Waals surface area (Å²) < 4.78 is 40.2. The molecule has 34 heavy (non-hydrogen) atoms. The average molecular weight is 497 g/mol. The van der Waals surface area contributed by atoms with E-state index in [0.29, 0.717) is 4.90 Å². The van der Waals surface area contributed by atoms with Crippen LogP contribution in [0.15, 0.2) is 37.2 Å². The fourth-order valence-corrected chi connectivity index (χ4v) is 3.96. The molecule has 1 saturated heterocycles. The number of nitrogens with one attached hydrogen (secondary N) is 1. The van der Waals surface area contributed by atoms with E-state index in [9.17, 15) is 27.6 Å². The number of carbonyl (C=O) groups is 3. The Kier molecular flexibility index (Phi) is 7.20. The second-order valence-corrected chi connectivity index (χ2v) is 7.89. The largest absolute Gasteiger partial charge is 0.471 e. The molecule has 1 N–H and O–H groups in total. The lowest BCUT2D eigenvalue weighted by Gasteiger charge is -2.45. The number of pyridine rings is 1. The molecule has 0 saturated carbocycles. The van der Waals surface area contributed by atoms with Crippen molar-refractivity contribution in [2.24, 2.45) is 0 Å². The smallest absolute Gasteiger partial charge is 0.354 e. The van der Waals surface area contributed by atoms with Crippen molar-refractivity contribution in [3.8, 4) is 11.4 Å². The lowest BCUT2D eigenvalue weighted by molar-refractivity contribution is -0.193. The summed E-state index contributed by atoms with van der Waals surface area (Å²) in [5.41, 5.74) is 0.586. The van der Waals surface area contributed by atoms with Crippen LogP contribution in [0, 0.1) is 0 Å². The number of amides is 3. The molecule has 2 aromatic heterocycles. The van der Waals surface area contributed by atoms with Gasteiger partial charge in [-0.3, -0.25) is 14.4 Å². The quantitative estimate of drug-likeness (QED) is 0.514. The first-order chi connectivity index (χ1) is 16.0. The number of carbonyl (C=O) groups excluding carboxylic acids is 3. The third-order valence-electron chi connectivity index (χ3n) is 5.24. The minimum atomic E-state index is -5.12. The van der Waals surface area contributed by atoms with Crippen molar-refractivity contribution in [3.63, 3.8) is 0 Å². The van der Waals surface area contributed by atoms with Gasteiger partial charge in [-0.05, 0) is 36.8 Å². The summed E-state index contributed by atoms with van der Waals surface area (Å²) in [6.45, 7) is 4.52. The summed E-state index contributed by atoms with van der Waals surface area (Å²) in [6.07, 6.45) is -2.93. The van der Waals surface area contributed by atoms with Crippen LogP contribution in [0.25, 0.3) is 11.4 Å². The van der Waals surface area contributed by atoms with E-state index in [1.165, 1.54) is 37.1 Å². The van der Waals surface area contributed by atoms with Crippen molar-refractivity contribution in [1.82, 2.24) is 30.1 Å². The molecule has 0 aliphatic carbocycles. The van der Waals surface area contributed by atoms with Gasteiger partial charge in [0.1, 0.15) is 17.2 Å². The SMILES string of the molecule is C=CC(=O)N1C[C@@H](C)N(C(=O)C(F)(F)F)[C@H](c2cc(Cl)nc(-c3cc(C(=O)NC)ncn3)c2)C1. The molecule has 0 aromatic carbocycles. The van der Waals surface area contributed by atoms with Gasteiger partial charge in [-0.2, -0.15) is 13.2 Å². The zero-order chi connectivity index (χ0) is 25.2. The Hall–Kier alpha value is -3.54. The van der Waals surface area contributed by atoms with E-state index in [0.717, 1.165) is 12.4 Å². The summed E-state index contributed by atoms with van der Waals surface area (Å²) in [4.78, 5) is 50.6. The van der Waals surface area contributed by atoms with Gasteiger partial charge in [0, 0.05) is 26.2 Å². The zero-order valence-electron chi connectivity index (χ0n) is 18.1. The number of hydrogen-bond acceptors (Lipinski definition) is 6. The van der Waals surface area contributed by atoms with Gasteiger partial charge in [-0.1, -0.05) is 18.2 Å². The molecule has 1 aliphatic heterocycles. The third-order valence-corrected chi connectivity index (χ3v) is 5.44. The fraction of sp³-hybridized carbons (Fsp3) is 0.333. The van der Waals surface area contributed by atoms with Gasteiger partial charge in [0.15, 0.2) is 0 Å². The van der Waals surface area contributed by atoms with E-state index in [1.807, 2.05) is 0 Å². The van der Waals surface area contributed by atoms with Crippen LogP contribution in [0.5, 0.6) is 0 Å². The van der Waals surface area contributed by atoms with Gasteiger partial charge in [0.2, 0.25) is 5.91 Å². The van der Waals surface area contributed by atoms with Crippen molar-refractivity contribution >= 4 is 29.3 Å². The first-order valence-electron chi connectivity index (χ1n) is 9.99. The number of rotatable bonds is 4. The molecule has 3 rings (SSSR count). The van der Waals surface area contributed by atoms with Gasteiger partial charge in [-0.15, -0.1) is 0 Å². The molecule has 0 bridgehead atoms. The highest BCUT2D eigenvalue weighted by Gasteiger charge is 2.49. The monoisotopic (exact) mass is 496 g/mol. The molecular formula is C21H20ClF3N6O3. The van der Waals surface area contributed by atoms with Gasteiger partial charge in [0.25, 0.3) is 5.91 Å². The number of alkyl halides is 3. The highest BCUT2D eigenvalue weighted by atomic mass is 35.5. The molecule has 1 aliphatic rings. The summed E-state index contributed by atoms with van der Waals surface area (Å²) in [5, 5.41) is 2.34. The average Bonchev–Trinajstić information content (AvgIpc) is 2.81. The summed E-state index contributed by atoms with van der Waals surface area (Å²) >= 11 is 6.17. The standard InChI is InChI=1S/C21H20ClF3N6O3/c1-4-18(32)30-8-11(2)31(20(34)21(23,24)25)16(9-30)12-5-14(29-17(22)6-12)13-7-15(19(33)26-3)28-10-27-13/h4-7,10-11,16H,1,8-9H2,2-3H3,(H,26,33)/t11-,16+/m1/s1. The van der Waals surface area contributed by atoms with Crippen LogP contribution >= 0.6 is 11.6 Å². The second kappa shape index (κ2) is 9.75. The number of halogens is 4. The minimum Gasteiger partial charge on any atom is -0.354 e. The first-order valence-corrected chi connectivity index (χ1v) is 10.4. The van der Waals surface area contributed by atoms with Crippen molar-refractivity contribution in [2.45, 2.75) is 25.2 Å². The van der Waals surface area contributed by atoms with Gasteiger partial charge in [-0.25, -0.2) is 15.0 Å². The summed E-state index contributed by atoms with van der Waals surface area (Å²) in [6, 6.07) is 1.95. The van der Waals surface area contributed by atoms with Crippen LogP contribution < -0.4 is 5.32 Å². The molecule has 2 atom stereocenters. The Morgan fingerprint density at radius 3 is 2.50 bits per heavy atom. The maximum atomic E-state index is 13.4. The number of hydrogen-bond donors (Lipinski definition) is 1. The Bertz CT molecular complexity index is 1140. The van der Waals surface area contributed by atoms with E-state index >= 15 is 0 Å². The van der Waals surface area contributed by atoms with Gasteiger partial charge < -0.3 is 15.1 Å². The van der Waals surface area contributed by atoms with Gasteiger partial charge >= 0.3 is 12.1 Å². The Labute approximate surface area is 197 Å². The Morgan fingerprint density at radius 1 is 1.18 bits per heavy atom. The predicted octanol–water partition coefficient (Wildman–Crippen LogP) is 2.40. The molecule has 180 valence electrons. The van der Waals surface area contributed by atoms with Crippen molar-refractivity contribution in [3.05, 3.63) is 53.6 Å². The third kappa shape index (κ3) is 5.16. The molecule has 1 fully saturated rings. The van der Waals surface area contributed by atoms with Crippen LogP contribution in [0.4, 0.5) is 13.2 Å². The number of piperazine rings is 1. The highest BCUT2D eigenvalue weighted by molar-refractivity contribution is 6.29. The van der Waals surface area contributed by atoms with Crippen LogP contribution in [0.1, 0.15) is 29.0 Å². The highest BCUT2D eigenvalue weighted by Crippen LogP contribution is 2.35. The predicted molar refractivity (Wildman–Crippen MR) is 116 cm³/mol. The Morgan fingerprint density at radius 2 is 1.88 bits per heavy atom. The summed E-state index contributed by atoms with van der Waals surface area (Å²) in [7, 11) is 1.42. The molecule has 0 spiro atoms. The maximum absolute atomic E-state index is 13.4. The molecule has 13 heteroatoms. The zero-order valence-corrected chi connectivity index (χ0v) is 18.9. The minimum absolute atomic E-state index is 0.0405. The maximum Gasteiger partial charge on any atom is 0.471 e. The molecule has 0 unspecified atom stereocenters.